The lowest BCUT2D eigenvalue weighted by molar-refractivity contribution is -0.118. The Balaban J connectivity index is 1.41. The maximum absolute atomic E-state index is 11.9. The maximum Gasteiger partial charge on any atom is 0.230 e. The van der Waals surface area contributed by atoms with Crippen molar-refractivity contribution in [3.8, 4) is 0 Å². The van der Waals surface area contributed by atoms with Crippen LogP contribution in [-0.2, 0) is 4.79 Å². The van der Waals surface area contributed by atoms with Gasteiger partial charge in [0, 0.05) is 19.2 Å². The molecule has 6 nitrogen and oxygen atoms in total. The van der Waals surface area contributed by atoms with E-state index in [9.17, 15) is 9.90 Å². The number of carbonyl (C=O) groups is 1. The van der Waals surface area contributed by atoms with Gasteiger partial charge in [0.15, 0.2) is 5.16 Å². The van der Waals surface area contributed by atoms with Crippen LogP contribution in [0.25, 0.3) is 0 Å². The van der Waals surface area contributed by atoms with E-state index in [2.05, 4.69) is 20.1 Å². The molecule has 1 aromatic heterocycles. The molecule has 0 bridgehead atoms. The summed E-state index contributed by atoms with van der Waals surface area (Å²) in [5.74, 6) is 1.20. The molecule has 116 valence electrons. The Morgan fingerprint density at radius 3 is 2.95 bits per heavy atom. The summed E-state index contributed by atoms with van der Waals surface area (Å²) >= 11 is 1.45. The number of aliphatic hydroxyl groups is 1. The molecule has 0 spiro atoms. The van der Waals surface area contributed by atoms with Crippen LogP contribution >= 0.6 is 11.8 Å². The summed E-state index contributed by atoms with van der Waals surface area (Å²) in [4.78, 5) is 11.9. The van der Waals surface area contributed by atoms with Gasteiger partial charge in [-0.25, -0.2) is 0 Å². The standard InChI is InChI=1S/C14H22N4O2S/c19-7-11-3-1-2-10(11)6-15-13(20)8-21-14-17-16-9-18(14)12-4-5-12/h9-12,19H,1-8H2,(H,15,20). The Bertz CT molecular complexity index is 489. The van der Waals surface area contributed by atoms with Crippen molar-refractivity contribution in [1.82, 2.24) is 20.1 Å². The fraction of sp³-hybridized carbons (Fsp3) is 0.786. The van der Waals surface area contributed by atoms with E-state index in [-0.39, 0.29) is 12.5 Å². The number of hydrogen-bond acceptors (Lipinski definition) is 5. The quantitative estimate of drug-likeness (QED) is 0.741. The van der Waals surface area contributed by atoms with Crippen molar-refractivity contribution in [2.75, 3.05) is 18.9 Å². The van der Waals surface area contributed by atoms with Crippen LogP contribution < -0.4 is 5.32 Å². The lowest BCUT2D eigenvalue weighted by atomic mass is 9.97. The number of amides is 1. The van der Waals surface area contributed by atoms with Crippen molar-refractivity contribution in [1.29, 1.82) is 0 Å². The minimum Gasteiger partial charge on any atom is -0.396 e. The van der Waals surface area contributed by atoms with Crippen molar-refractivity contribution in [3.05, 3.63) is 6.33 Å². The molecule has 7 heteroatoms. The van der Waals surface area contributed by atoms with Crippen LogP contribution in [0, 0.1) is 11.8 Å². The van der Waals surface area contributed by atoms with Crippen LogP contribution in [0.3, 0.4) is 0 Å². The van der Waals surface area contributed by atoms with Gasteiger partial charge in [-0.3, -0.25) is 4.79 Å². The number of aromatic nitrogens is 3. The number of hydrogen-bond donors (Lipinski definition) is 2. The predicted molar refractivity (Wildman–Crippen MR) is 79.9 cm³/mol. The van der Waals surface area contributed by atoms with Gasteiger partial charge in [0.2, 0.25) is 5.91 Å². The van der Waals surface area contributed by atoms with Gasteiger partial charge < -0.3 is 15.0 Å². The SMILES string of the molecule is O=C(CSc1nncn1C1CC1)NCC1CCCC1CO. The molecular weight excluding hydrogens is 288 g/mol. The predicted octanol–water partition coefficient (Wildman–Crippen LogP) is 1.23. The Labute approximate surface area is 128 Å². The summed E-state index contributed by atoms with van der Waals surface area (Å²) in [7, 11) is 0. The van der Waals surface area contributed by atoms with E-state index < -0.39 is 0 Å². The molecule has 1 heterocycles. The number of carbonyl (C=O) groups excluding carboxylic acids is 1. The second-order valence-electron chi connectivity index (χ2n) is 5.98. The van der Waals surface area contributed by atoms with Crippen molar-refractivity contribution >= 4 is 17.7 Å². The zero-order chi connectivity index (χ0) is 14.7. The third-order valence-corrected chi connectivity index (χ3v) is 5.38. The first-order chi connectivity index (χ1) is 10.3. The van der Waals surface area contributed by atoms with Crippen LogP contribution in [0.1, 0.15) is 38.1 Å². The smallest absolute Gasteiger partial charge is 0.230 e. The number of thioether (sulfide) groups is 1. The van der Waals surface area contributed by atoms with Gasteiger partial charge in [-0.2, -0.15) is 0 Å². The highest BCUT2D eigenvalue weighted by Gasteiger charge is 2.28. The van der Waals surface area contributed by atoms with Crippen molar-refractivity contribution in [3.63, 3.8) is 0 Å². The summed E-state index contributed by atoms with van der Waals surface area (Å²) in [6.45, 7) is 0.916. The van der Waals surface area contributed by atoms with Crippen molar-refractivity contribution < 1.29 is 9.90 Å². The van der Waals surface area contributed by atoms with Crippen molar-refractivity contribution in [2.45, 2.75) is 43.3 Å². The highest BCUT2D eigenvalue weighted by molar-refractivity contribution is 7.99. The highest BCUT2D eigenvalue weighted by atomic mass is 32.2. The summed E-state index contributed by atoms with van der Waals surface area (Å²) in [5.41, 5.74) is 0. The van der Waals surface area contributed by atoms with Crippen LogP contribution in [0.5, 0.6) is 0 Å². The number of nitrogens with zero attached hydrogens (tertiary/aromatic N) is 3. The molecular formula is C14H22N4O2S. The first kappa shape index (κ1) is 14.8. The van der Waals surface area contributed by atoms with E-state index >= 15 is 0 Å². The molecule has 0 saturated heterocycles. The van der Waals surface area contributed by atoms with Gasteiger partial charge in [-0.15, -0.1) is 10.2 Å². The van der Waals surface area contributed by atoms with E-state index in [1.807, 2.05) is 0 Å². The van der Waals surface area contributed by atoms with E-state index in [0.717, 1.165) is 24.4 Å². The Kier molecular flexibility index (Phi) is 4.80. The van der Waals surface area contributed by atoms with E-state index in [0.29, 0.717) is 30.2 Å². The lowest BCUT2D eigenvalue weighted by Crippen LogP contribution is -2.32. The average molecular weight is 310 g/mol. The topological polar surface area (TPSA) is 80.0 Å². The molecule has 2 unspecified atom stereocenters. The van der Waals surface area contributed by atoms with Gasteiger partial charge in [0.1, 0.15) is 6.33 Å². The molecule has 1 aromatic rings. The first-order valence-electron chi connectivity index (χ1n) is 7.67. The fourth-order valence-corrected chi connectivity index (χ4v) is 3.80. The molecule has 0 aliphatic heterocycles. The van der Waals surface area contributed by atoms with Crippen LogP contribution in [0.4, 0.5) is 0 Å². The Morgan fingerprint density at radius 2 is 2.19 bits per heavy atom. The van der Waals surface area contributed by atoms with Gasteiger partial charge in [0.25, 0.3) is 0 Å². The number of nitrogens with one attached hydrogen (secondary N) is 1. The van der Waals surface area contributed by atoms with E-state index in [1.54, 1.807) is 6.33 Å². The third-order valence-electron chi connectivity index (χ3n) is 4.43. The summed E-state index contributed by atoms with van der Waals surface area (Å²) < 4.78 is 2.07. The molecule has 2 fully saturated rings. The summed E-state index contributed by atoms with van der Waals surface area (Å²) in [5, 5.41) is 21.1. The Morgan fingerprint density at radius 1 is 1.38 bits per heavy atom. The number of aliphatic hydroxyl groups excluding tert-OH is 1. The average Bonchev–Trinajstić information content (AvgIpc) is 3.06. The molecule has 2 N–H and O–H groups in total. The lowest BCUT2D eigenvalue weighted by Gasteiger charge is -2.17. The fourth-order valence-electron chi connectivity index (χ4n) is 2.99. The molecule has 21 heavy (non-hydrogen) atoms. The van der Waals surface area contributed by atoms with E-state index in [1.165, 1.54) is 24.6 Å². The van der Waals surface area contributed by atoms with Gasteiger partial charge >= 0.3 is 0 Å². The van der Waals surface area contributed by atoms with Gasteiger partial charge in [-0.05, 0) is 37.5 Å². The second kappa shape index (κ2) is 6.79. The highest BCUT2D eigenvalue weighted by Crippen LogP contribution is 2.37. The van der Waals surface area contributed by atoms with E-state index in [4.69, 9.17) is 0 Å². The molecule has 2 saturated carbocycles. The molecule has 3 rings (SSSR count). The molecule has 0 radical (unpaired) electrons. The zero-order valence-corrected chi connectivity index (χ0v) is 12.9. The monoisotopic (exact) mass is 310 g/mol. The third kappa shape index (κ3) is 3.77. The minimum absolute atomic E-state index is 0.0361. The summed E-state index contributed by atoms with van der Waals surface area (Å²) in [6.07, 6.45) is 7.46. The van der Waals surface area contributed by atoms with Gasteiger partial charge in [-0.1, -0.05) is 18.2 Å². The van der Waals surface area contributed by atoms with Gasteiger partial charge in [0.05, 0.1) is 5.75 Å². The van der Waals surface area contributed by atoms with Crippen molar-refractivity contribution in [2.24, 2.45) is 11.8 Å². The van der Waals surface area contributed by atoms with Crippen LogP contribution in [0.2, 0.25) is 0 Å². The summed E-state index contributed by atoms with van der Waals surface area (Å²) in [6, 6.07) is 0.536. The largest absolute Gasteiger partial charge is 0.396 e. The van der Waals surface area contributed by atoms with Crippen LogP contribution in [-0.4, -0.2) is 44.7 Å². The van der Waals surface area contributed by atoms with Crippen LogP contribution in [0.15, 0.2) is 11.5 Å². The minimum atomic E-state index is 0.0361. The first-order valence-corrected chi connectivity index (χ1v) is 8.66. The molecule has 2 atom stereocenters. The maximum atomic E-state index is 11.9. The zero-order valence-electron chi connectivity index (χ0n) is 12.1. The molecule has 2 aliphatic rings. The molecule has 2 aliphatic carbocycles. The second-order valence-corrected chi connectivity index (χ2v) is 6.92. The normalized spacial score (nSPS) is 25.2. The molecule has 0 aromatic carbocycles. The molecule has 1 amide bonds. The number of rotatable bonds is 7. The Hall–Kier alpha value is -1.08.